The number of hydrogen-bond donors (Lipinski definition) is 2. The number of aryl methyl sites for hydroxylation is 1. The summed E-state index contributed by atoms with van der Waals surface area (Å²) >= 11 is 0. The van der Waals surface area contributed by atoms with Crippen LogP contribution in [0.4, 0.5) is 0 Å². The molecule has 0 unspecified atom stereocenters. The molecule has 0 saturated heterocycles. The van der Waals surface area contributed by atoms with Gasteiger partial charge in [0.1, 0.15) is 0 Å². The Morgan fingerprint density at radius 2 is 1.64 bits per heavy atom. The second kappa shape index (κ2) is 10.0. The average molecular weight is 452 g/mol. The van der Waals surface area contributed by atoms with Gasteiger partial charge in [-0.2, -0.15) is 0 Å². The van der Waals surface area contributed by atoms with E-state index >= 15 is 0 Å². The van der Waals surface area contributed by atoms with Crippen molar-refractivity contribution in [3.05, 3.63) is 70.8 Å². The SMILES string of the molecule is CN=C(NCc1ccc(C(N)=O)cc1)N(C)Cc1ccc(C)cc1.I. The van der Waals surface area contributed by atoms with Gasteiger partial charge in [-0.3, -0.25) is 9.79 Å². The summed E-state index contributed by atoms with van der Waals surface area (Å²) in [6.07, 6.45) is 0. The zero-order valence-electron chi connectivity index (χ0n) is 14.8. The zero-order valence-corrected chi connectivity index (χ0v) is 17.2. The lowest BCUT2D eigenvalue weighted by atomic mass is 10.1. The molecule has 0 atom stereocenters. The van der Waals surface area contributed by atoms with Crippen LogP contribution in [0.5, 0.6) is 0 Å². The number of carbonyl (C=O) groups is 1. The average Bonchev–Trinajstić information content (AvgIpc) is 2.58. The maximum atomic E-state index is 11.1. The first-order chi connectivity index (χ1) is 11.5. The summed E-state index contributed by atoms with van der Waals surface area (Å²) in [5, 5.41) is 3.33. The van der Waals surface area contributed by atoms with E-state index in [1.54, 1.807) is 19.2 Å². The molecule has 0 fully saturated rings. The second-order valence-electron chi connectivity index (χ2n) is 5.80. The summed E-state index contributed by atoms with van der Waals surface area (Å²) in [5.74, 6) is 0.401. The van der Waals surface area contributed by atoms with Crippen LogP contribution in [0.3, 0.4) is 0 Å². The van der Waals surface area contributed by atoms with Crippen molar-refractivity contribution >= 4 is 35.8 Å². The van der Waals surface area contributed by atoms with Gasteiger partial charge in [0.05, 0.1) is 0 Å². The van der Waals surface area contributed by atoms with E-state index in [0.29, 0.717) is 12.1 Å². The largest absolute Gasteiger partial charge is 0.366 e. The van der Waals surface area contributed by atoms with Gasteiger partial charge in [-0.05, 0) is 30.2 Å². The minimum Gasteiger partial charge on any atom is -0.366 e. The number of hydrogen-bond acceptors (Lipinski definition) is 2. The maximum Gasteiger partial charge on any atom is 0.248 e. The van der Waals surface area contributed by atoms with Crippen molar-refractivity contribution in [2.45, 2.75) is 20.0 Å². The Morgan fingerprint density at radius 3 is 2.16 bits per heavy atom. The number of guanidine groups is 1. The number of rotatable bonds is 5. The zero-order chi connectivity index (χ0) is 17.5. The summed E-state index contributed by atoms with van der Waals surface area (Å²) in [4.78, 5) is 17.5. The van der Waals surface area contributed by atoms with E-state index in [-0.39, 0.29) is 24.0 Å². The molecule has 2 aromatic rings. The quantitative estimate of drug-likeness (QED) is 0.417. The van der Waals surface area contributed by atoms with Gasteiger partial charge in [-0.15, -0.1) is 24.0 Å². The summed E-state index contributed by atoms with van der Waals surface area (Å²) in [6.45, 7) is 3.49. The van der Waals surface area contributed by atoms with Crippen LogP contribution in [0, 0.1) is 6.92 Å². The molecule has 25 heavy (non-hydrogen) atoms. The van der Waals surface area contributed by atoms with Crippen molar-refractivity contribution in [2.24, 2.45) is 10.7 Å². The Bertz CT molecular complexity index is 711. The number of nitrogens with one attached hydrogen (secondary N) is 1. The van der Waals surface area contributed by atoms with Crippen LogP contribution in [0.15, 0.2) is 53.5 Å². The van der Waals surface area contributed by atoms with Gasteiger partial charge in [0.25, 0.3) is 0 Å². The third-order valence-corrected chi connectivity index (χ3v) is 3.80. The molecule has 134 valence electrons. The summed E-state index contributed by atoms with van der Waals surface area (Å²) in [5.41, 5.74) is 9.31. The third-order valence-electron chi connectivity index (χ3n) is 3.80. The topological polar surface area (TPSA) is 70.7 Å². The lowest BCUT2D eigenvalue weighted by molar-refractivity contribution is 0.100. The fourth-order valence-corrected chi connectivity index (χ4v) is 2.39. The predicted octanol–water partition coefficient (Wildman–Crippen LogP) is 2.92. The Hall–Kier alpha value is -2.09. The molecule has 0 aliphatic heterocycles. The Morgan fingerprint density at radius 1 is 1.08 bits per heavy atom. The maximum absolute atomic E-state index is 11.1. The van der Waals surface area contributed by atoms with Crippen LogP contribution >= 0.6 is 24.0 Å². The van der Waals surface area contributed by atoms with Crippen LogP contribution in [-0.2, 0) is 13.1 Å². The monoisotopic (exact) mass is 452 g/mol. The fraction of sp³-hybridized carbons (Fsp3) is 0.263. The van der Waals surface area contributed by atoms with Gasteiger partial charge < -0.3 is 16.0 Å². The van der Waals surface area contributed by atoms with Gasteiger partial charge in [0, 0.05) is 32.7 Å². The Kier molecular flexibility index (Phi) is 8.40. The van der Waals surface area contributed by atoms with E-state index in [0.717, 1.165) is 18.1 Å². The number of halogens is 1. The van der Waals surface area contributed by atoms with E-state index in [9.17, 15) is 4.79 Å². The lowest BCUT2D eigenvalue weighted by Gasteiger charge is -2.22. The van der Waals surface area contributed by atoms with Gasteiger partial charge >= 0.3 is 0 Å². The third kappa shape index (κ3) is 6.38. The molecule has 0 spiro atoms. The van der Waals surface area contributed by atoms with Crippen LogP contribution in [0.25, 0.3) is 0 Å². The Labute approximate surface area is 166 Å². The standard InChI is InChI=1S/C19H24N4O.HI/c1-14-4-6-16(7-5-14)13-23(3)19(21-2)22-12-15-8-10-17(11-9-15)18(20)24;/h4-11H,12-13H2,1-3H3,(H2,20,24)(H,21,22);1H. The van der Waals surface area contributed by atoms with Crippen LogP contribution in [-0.4, -0.2) is 30.9 Å². The Balaban J connectivity index is 0.00000312. The molecule has 0 heterocycles. The van der Waals surface area contributed by atoms with Crippen molar-refractivity contribution in [3.8, 4) is 0 Å². The predicted molar refractivity (Wildman–Crippen MR) is 113 cm³/mol. The lowest BCUT2D eigenvalue weighted by Crippen LogP contribution is -2.38. The fourth-order valence-electron chi connectivity index (χ4n) is 2.39. The number of primary amides is 1. The molecule has 1 amide bonds. The van der Waals surface area contributed by atoms with Crippen molar-refractivity contribution in [2.75, 3.05) is 14.1 Å². The van der Waals surface area contributed by atoms with E-state index in [1.165, 1.54) is 11.1 Å². The smallest absolute Gasteiger partial charge is 0.248 e. The molecule has 0 radical (unpaired) electrons. The van der Waals surface area contributed by atoms with Gasteiger partial charge in [-0.25, -0.2) is 0 Å². The summed E-state index contributed by atoms with van der Waals surface area (Å²) in [7, 11) is 3.77. The highest BCUT2D eigenvalue weighted by atomic mass is 127. The molecule has 0 aromatic heterocycles. The molecular formula is C19H25IN4O. The van der Waals surface area contributed by atoms with E-state index in [4.69, 9.17) is 5.73 Å². The van der Waals surface area contributed by atoms with E-state index < -0.39 is 5.91 Å². The molecular weight excluding hydrogens is 427 g/mol. The van der Waals surface area contributed by atoms with Crippen molar-refractivity contribution in [1.82, 2.24) is 10.2 Å². The molecule has 0 saturated carbocycles. The first-order valence-electron chi connectivity index (χ1n) is 7.85. The molecule has 2 rings (SSSR count). The normalized spacial score (nSPS) is 10.8. The van der Waals surface area contributed by atoms with Crippen LogP contribution in [0.1, 0.15) is 27.0 Å². The second-order valence-corrected chi connectivity index (χ2v) is 5.80. The molecule has 3 N–H and O–H groups in total. The molecule has 6 heteroatoms. The number of carbonyl (C=O) groups excluding carboxylic acids is 1. The van der Waals surface area contributed by atoms with Gasteiger partial charge in [0.2, 0.25) is 5.91 Å². The minimum atomic E-state index is -0.414. The first-order valence-corrected chi connectivity index (χ1v) is 7.85. The molecule has 0 bridgehead atoms. The molecule has 2 aromatic carbocycles. The molecule has 0 aliphatic rings. The number of nitrogens with two attached hydrogens (primary N) is 1. The highest BCUT2D eigenvalue weighted by Crippen LogP contribution is 2.07. The molecule has 5 nitrogen and oxygen atoms in total. The van der Waals surface area contributed by atoms with Gasteiger partial charge in [0.15, 0.2) is 5.96 Å². The minimum absolute atomic E-state index is 0. The number of amides is 1. The summed E-state index contributed by atoms with van der Waals surface area (Å²) < 4.78 is 0. The van der Waals surface area contributed by atoms with Crippen LogP contribution < -0.4 is 11.1 Å². The van der Waals surface area contributed by atoms with Crippen molar-refractivity contribution in [3.63, 3.8) is 0 Å². The number of aliphatic imine (C=N–C) groups is 1. The highest BCUT2D eigenvalue weighted by molar-refractivity contribution is 14.0. The first kappa shape index (κ1) is 21.0. The number of nitrogens with zero attached hydrogens (tertiary/aromatic N) is 2. The summed E-state index contributed by atoms with van der Waals surface area (Å²) in [6, 6.07) is 15.7. The van der Waals surface area contributed by atoms with Gasteiger partial charge in [-0.1, -0.05) is 42.0 Å². The highest BCUT2D eigenvalue weighted by Gasteiger charge is 2.07. The van der Waals surface area contributed by atoms with E-state index in [2.05, 4.69) is 46.4 Å². The van der Waals surface area contributed by atoms with E-state index in [1.807, 2.05) is 19.2 Å². The number of benzene rings is 2. The van der Waals surface area contributed by atoms with Crippen molar-refractivity contribution < 1.29 is 4.79 Å². The molecule has 0 aliphatic carbocycles. The van der Waals surface area contributed by atoms with Crippen LogP contribution in [0.2, 0.25) is 0 Å². The van der Waals surface area contributed by atoms with Crippen molar-refractivity contribution in [1.29, 1.82) is 0 Å².